The Hall–Kier alpha value is -1.38. The molecule has 9 heavy (non-hydrogen) atoms. The highest BCUT2D eigenvalue weighted by Gasteiger charge is 1.84. The monoisotopic (exact) mass is 123 g/mol. The first-order chi connectivity index (χ1) is 4.43. The summed E-state index contributed by atoms with van der Waals surface area (Å²) in [4.78, 5) is 9.76. The highest BCUT2D eigenvalue weighted by atomic mass is 16.5. The summed E-state index contributed by atoms with van der Waals surface area (Å²) >= 11 is 0. The smallest absolute Gasteiger partial charge is 0.142 e. The van der Waals surface area contributed by atoms with Gasteiger partial charge in [0.1, 0.15) is 12.5 Å². The molecule has 0 N–H and O–H groups in total. The first kappa shape index (κ1) is 5.75. The molecule has 0 spiro atoms. The van der Waals surface area contributed by atoms with Crippen LogP contribution in [0.2, 0.25) is 0 Å². The van der Waals surface area contributed by atoms with Crippen LogP contribution in [0.4, 0.5) is 0 Å². The zero-order valence-corrected chi connectivity index (χ0v) is 4.65. The van der Waals surface area contributed by atoms with Gasteiger partial charge in [-0.15, -0.1) is 0 Å². The minimum Gasteiger partial charge on any atom is -0.364 e. The maximum Gasteiger partial charge on any atom is 0.142 e. The molecular formula is C6H5NO2. The summed E-state index contributed by atoms with van der Waals surface area (Å²) in [5.74, 6) is 0. The van der Waals surface area contributed by atoms with Gasteiger partial charge in [-0.3, -0.25) is 4.79 Å². The van der Waals surface area contributed by atoms with Crippen molar-refractivity contribution < 1.29 is 9.32 Å². The van der Waals surface area contributed by atoms with Gasteiger partial charge in [0, 0.05) is 5.56 Å². The number of hydrogen-bond donors (Lipinski definition) is 0. The van der Waals surface area contributed by atoms with Gasteiger partial charge in [-0.2, -0.15) is 0 Å². The number of aromatic nitrogens is 1. The van der Waals surface area contributed by atoms with Gasteiger partial charge in [-0.1, -0.05) is 5.16 Å². The Bertz CT molecular complexity index is 201. The van der Waals surface area contributed by atoms with Gasteiger partial charge in [0.05, 0.1) is 6.20 Å². The lowest BCUT2D eigenvalue weighted by molar-refractivity contribution is -0.104. The first-order valence-electron chi connectivity index (χ1n) is 2.44. The van der Waals surface area contributed by atoms with E-state index in [9.17, 15) is 4.79 Å². The second kappa shape index (κ2) is 2.81. The molecule has 0 fully saturated rings. The van der Waals surface area contributed by atoms with Crippen molar-refractivity contribution in [2.75, 3.05) is 0 Å². The van der Waals surface area contributed by atoms with Gasteiger partial charge in [-0.05, 0) is 12.2 Å². The average Bonchev–Trinajstić information content (AvgIpc) is 2.34. The van der Waals surface area contributed by atoms with E-state index >= 15 is 0 Å². The number of nitrogens with zero attached hydrogens (tertiary/aromatic N) is 1. The summed E-state index contributed by atoms with van der Waals surface area (Å²) in [7, 11) is 0. The average molecular weight is 123 g/mol. The van der Waals surface area contributed by atoms with Gasteiger partial charge in [-0.25, -0.2) is 0 Å². The van der Waals surface area contributed by atoms with Crippen LogP contribution in [0.5, 0.6) is 0 Å². The second-order valence-corrected chi connectivity index (χ2v) is 1.45. The van der Waals surface area contributed by atoms with E-state index in [0.717, 1.165) is 5.56 Å². The molecule has 0 aliphatic rings. The third-order valence-electron chi connectivity index (χ3n) is 0.819. The molecule has 3 nitrogen and oxygen atoms in total. The van der Waals surface area contributed by atoms with Crippen molar-refractivity contribution in [1.29, 1.82) is 0 Å². The van der Waals surface area contributed by atoms with Gasteiger partial charge >= 0.3 is 0 Å². The molecule has 46 valence electrons. The summed E-state index contributed by atoms with van der Waals surface area (Å²) in [5, 5.41) is 3.43. The Morgan fingerprint density at radius 1 is 1.67 bits per heavy atom. The van der Waals surface area contributed by atoms with E-state index in [-0.39, 0.29) is 0 Å². The summed E-state index contributed by atoms with van der Waals surface area (Å²) in [6, 6.07) is 0. The van der Waals surface area contributed by atoms with Crippen LogP contribution >= 0.6 is 0 Å². The van der Waals surface area contributed by atoms with Crippen molar-refractivity contribution in [2.45, 2.75) is 0 Å². The van der Waals surface area contributed by atoms with E-state index in [1.807, 2.05) is 0 Å². The van der Waals surface area contributed by atoms with Crippen LogP contribution in [0, 0.1) is 0 Å². The molecule has 0 aromatic carbocycles. The molecule has 0 saturated heterocycles. The number of rotatable bonds is 2. The quantitative estimate of drug-likeness (QED) is 0.433. The van der Waals surface area contributed by atoms with E-state index in [0.29, 0.717) is 6.29 Å². The lowest BCUT2D eigenvalue weighted by Crippen LogP contribution is -1.61. The molecule has 1 aromatic heterocycles. The maximum absolute atomic E-state index is 9.76. The molecule has 0 amide bonds. The van der Waals surface area contributed by atoms with Gasteiger partial charge in [0.2, 0.25) is 0 Å². The van der Waals surface area contributed by atoms with E-state index in [1.54, 1.807) is 6.08 Å². The lowest BCUT2D eigenvalue weighted by Gasteiger charge is -1.70. The third kappa shape index (κ3) is 1.53. The van der Waals surface area contributed by atoms with E-state index in [4.69, 9.17) is 0 Å². The summed E-state index contributed by atoms with van der Waals surface area (Å²) in [5.41, 5.74) is 0.794. The number of carbonyl (C=O) groups is 1. The van der Waals surface area contributed by atoms with Gasteiger partial charge in [0.15, 0.2) is 0 Å². The van der Waals surface area contributed by atoms with Crippen LogP contribution in [0.25, 0.3) is 6.08 Å². The summed E-state index contributed by atoms with van der Waals surface area (Å²) < 4.78 is 4.49. The minimum absolute atomic E-state index is 0.701. The van der Waals surface area contributed by atoms with Crippen LogP contribution in [0.1, 0.15) is 5.56 Å². The van der Waals surface area contributed by atoms with Crippen molar-refractivity contribution in [3.05, 3.63) is 24.1 Å². The van der Waals surface area contributed by atoms with Crippen molar-refractivity contribution in [3.63, 3.8) is 0 Å². The van der Waals surface area contributed by atoms with E-state index in [2.05, 4.69) is 9.68 Å². The minimum atomic E-state index is 0.701. The molecular weight excluding hydrogens is 118 g/mol. The zero-order valence-electron chi connectivity index (χ0n) is 4.65. The van der Waals surface area contributed by atoms with Gasteiger partial charge < -0.3 is 4.52 Å². The molecule has 1 aromatic rings. The molecule has 0 aliphatic carbocycles. The lowest BCUT2D eigenvalue weighted by atomic mass is 10.3. The molecule has 0 saturated carbocycles. The fourth-order valence-corrected chi connectivity index (χ4v) is 0.446. The Balaban J connectivity index is 2.67. The predicted molar refractivity (Wildman–Crippen MR) is 31.6 cm³/mol. The Kier molecular flexibility index (Phi) is 1.80. The van der Waals surface area contributed by atoms with E-state index in [1.165, 1.54) is 18.5 Å². The van der Waals surface area contributed by atoms with Crippen molar-refractivity contribution >= 4 is 12.4 Å². The largest absolute Gasteiger partial charge is 0.364 e. The van der Waals surface area contributed by atoms with E-state index < -0.39 is 0 Å². The summed E-state index contributed by atoms with van der Waals surface area (Å²) in [6.45, 7) is 0. The van der Waals surface area contributed by atoms with Crippen molar-refractivity contribution in [3.8, 4) is 0 Å². The SMILES string of the molecule is O=CC=Cc1cnoc1. The molecule has 0 bridgehead atoms. The Morgan fingerprint density at radius 3 is 3.11 bits per heavy atom. The van der Waals surface area contributed by atoms with Crippen molar-refractivity contribution in [2.24, 2.45) is 0 Å². The first-order valence-corrected chi connectivity index (χ1v) is 2.44. The van der Waals surface area contributed by atoms with Crippen LogP contribution in [0.3, 0.4) is 0 Å². The van der Waals surface area contributed by atoms with Crippen LogP contribution < -0.4 is 0 Å². The third-order valence-corrected chi connectivity index (χ3v) is 0.819. The van der Waals surface area contributed by atoms with Crippen LogP contribution in [-0.4, -0.2) is 11.4 Å². The highest BCUT2D eigenvalue weighted by molar-refractivity contribution is 5.73. The second-order valence-electron chi connectivity index (χ2n) is 1.45. The number of aldehydes is 1. The number of carbonyl (C=O) groups excluding carboxylic acids is 1. The van der Waals surface area contributed by atoms with Crippen LogP contribution in [0.15, 0.2) is 23.1 Å². The zero-order chi connectivity index (χ0) is 6.53. The molecule has 1 heterocycles. The highest BCUT2D eigenvalue weighted by Crippen LogP contribution is 1.97. The van der Waals surface area contributed by atoms with Crippen LogP contribution in [-0.2, 0) is 4.79 Å². The molecule has 0 unspecified atom stereocenters. The fourth-order valence-electron chi connectivity index (χ4n) is 0.446. The fraction of sp³-hybridized carbons (Fsp3) is 0. The molecule has 3 heteroatoms. The predicted octanol–water partition coefficient (Wildman–Crippen LogP) is 0.887. The molecule has 0 atom stereocenters. The molecule has 1 rings (SSSR count). The molecule has 0 aliphatic heterocycles. The molecule has 0 radical (unpaired) electrons. The number of allylic oxidation sites excluding steroid dienone is 1. The van der Waals surface area contributed by atoms with Gasteiger partial charge in [0.25, 0.3) is 0 Å². The van der Waals surface area contributed by atoms with Crippen molar-refractivity contribution in [1.82, 2.24) is 5.16 Å². The Morgan fingerprint density at radius 2 is 2.56 bits per heavy atom. The maximum atomic E-state index is 9.76. The standard InChI is InChI=1S/C6H5NO2/c8-3-1-2-6-4-7-9-5-6/h1-5H. The Labute approximate surface area is 52.0 Å². The number of hydrogen-bond acceptors (Lipinski definition) is 3. The topological polar surface area (TPSA) is 43.1 Å². The summed E-state index contributed by atoms with van der Waals surface area (Å²) in [6.07, 6.45) is 6.68. The normalized spacial score (nSPS) is 10.2.